The van der Waals surface area contributed by atoms with E-state index in [1.54, 1.807) is 51.2 Å². The molecule has 0 spiro atoms. The Bertz CT molecular complexity index is 3100. The Morgan fingerprint density at radius 3 is 1.94 bits per heavy atom. The van der Waals surface area contributed by atoms with Crippen LogP contribution in [0.25, 0.3) is 10.9 Å². The number of carbonyl (C=O) groups excluding carboxylic acids is 10. The molecule has 0 saturated carbocycles. The number of aromatic amines is 2. The van der Waals surface area contributed by atoms with E-state index < -0.39 is 115 Å². The monoisotopic (exact) mass is 1210 g/mol. The van der Waals surface area contributed by atoms with Gasteiger partial charge in [0.05, 0.1) is 12.9 Å². The molecule has 0 aliphatic carbocycles. The highest BCUT2D eigenvalue weighted by molar-refractivity contribution is 5.99. The van der Waals surface area contributed by atoms with Gasteiger partial charge in [0, 0.05) is 74.3 Å². The van der Waals surface area contributed by atoms with E-state index in [0.717, 1.165) is 0 Å². The van der Waals surface area contributed by atoms with Crippen LogP contribution in [0.1, 0.15) is 103 Å². The molecule has 4 aromatic rings. The van der Waals surface area contributed by atoms with Crippen LogP contribution < -0.4 is 59.3 Å². The lowest BCUT2D eigenvalue weighted by molar-refractivity contribution is -0.142. The number of phenols is 1. The van der Waals surface area contributed by atoms with Gasteiger partial charge in [-0.05, 0) is 93.0 Å². The van der Waals surface area contributed by atoms with Crippen molar-refractivity contribution in [3.8, 4) is 5.75 Å². The number of aromatic nitrogens is 3. The van der Waals surface area contributed by atoms with E-state index in [9.17, 15) is 59.6 Å². The number of nitrogens with one attached hydrogen (secondary N) is 11. The maximum atomic E-state index is 14.8. The molecule has 28 heteroatoms. The number of aromatic hydroxyl groups is 1. The summed E-state index contributed by atoms with van der Waals surface area (Å²) < 4.78 is 9.28. The van der Waals surface area contributed by atoms with E-state index in [-0.39, 0.29) is 105 Å². The minimum atomic E-state index is -1.92. The predicted molar refractivity (Wildman–Crippen MR) is 320 cm³/mol. The smallest absolute Gasteiger partial charge is 0.245 e. The van der Waals surface area contributed by atoms with Gasteiger partial charge in [0.1, 0.15) is 60.1 Å². The fraction of sp³-hybridized carbons (Fsp3) is 0.525. The Hall–Kier alpha value is -9.08. The lowest BCUT2D eigenvalue weighted by Gasteiger charge is -2.31. The molecule has 0 radical (unpaired) electrons. The number of H-pyrrole nitrogens is 2. The molecule has 87 heavy (non-hydrogen) atoms. The molecule has 2 fully saturated rings. The fourth-order valence-electron chi connectivity index (χ4n) is 10.4. The van der Waals surface area contributed by atoms with Crippen molar-refractivity contribution in [2.45, 2.75) is 160 Å². The van der Waals surface area contributed by atoms with Crippen LogP contribution in [0.2, 0.25) is 1.41 Å². The first kappa shape index (κ1) is 65.5. The number of fused-ring (bicyclic) bond motifs is 1. The Balaban J connectivity index is 1.24. The van der Waals surface area contributed by atoms with Gasteiger partial charge in [0.15, 0.2) is 7.37 Å². The van der Waals surface area contributed by atoms with Crippen LogP contribution in [0.3, 0.4) is 0 Å². The first-order valence-electron chi connectivity index (χ1n) is 29.9. The third-order valence-electron chi connectivity index (χ3n) is 14.8. The number of likely N-dealkylation sites (tertiary alicyclic amines) is 1. The number of para-hydroxylation sites is 1. The molecule has 2 aliphatic heterocycles. The Labute approximate surface area is 505 Å². The number of imidazole rings is 1. The number of nitrogens with zero attached hydrogens (tertiary/aromatic N) is 3. The summed E-state index contributed by atoms with van der Waals surface area (Å²) >= 11 is 0. The van der Waals surface area contributed by atoms with Crippen LogP contribution in [-0.4, -0.2) is 176 Å². The van der Waals surface area contributed by atoms with Crippen LogP contribution in [0.4, 0.5) is 0 Å². The van der Waals surface area contributed by atoms with Crippen LogP contribution in [0.5, 0.6) is 5.75 Å². The quantitative estimate of drug-likeness (QED) is 0.0151. The lowest BCUT2D eigenvalue weighted by atomic mass is 9.98. The molecule has 28 nitrogen and oxygen atoms in total. The number of likely N-dealkylation sites (N-methyl/N-ethyl adjacent to an activating group) is 1. The molecule has 6 rings (SSSR count). The van der Waals surface area contributed by atoms with Gasteiger partial charge in [-0.15, -0.1) is 0 Å². The molecule has 0 unspecified atom stereocenters. The summed E-state index contributed by atoms with van der Waals surface area (Å²) in [5.74, 6) is -8.32. The van der Waals surface area contributed by atoms with Crippen LogP contribution >= 0.6 is 0 Å². The van der Waals surface area contributed by atoms with Gasteiger partial charge < -0.3 is 84.4 Å². The number of carbonyl (C=O) groups is 10. The summed E-state index contributed by atoms with van der Waals surface area (Å²) in [7, 11) is 0. The molecule has 472 valence electrons. The molecule has 17 N–H and O–H groups in total. The molecular weight excluding hydrogens is 1120 g/mol. The second-order valence-corrected chi connectivity index (χ2v) is 22.7. The van der Waals surface area contributed by atoms with Crippen molar-refractivity contribution in [2.24, 2.45) is 28.3 Å². The molecule has 2 saturated heterocycles. The lowest BCUT2D eigenvalue weighted by Crippen LogP contribution is -2.61. The number of nitrogens with two attached hydrogens (primary N) is 2. The number of aliphatic imine (C=N–C) groups is 1. The van der Waals surface area contributed by atoms with Crippen molar-refractivity contribution in [1.82, 2.24) is 67.7 Å². The first-order chi connectivity index (χ1) is 42.0. The highest BCUT2D eigenvalue weighted by Gasteiger charge is 2.40. The molecule has 4 heterocycles. The van der Waals surface area contributed by atoms with Gasteiger partial charge in [-0.3, -0.25) is 52.9 Å². The first-order valence-corrected chi connectivity index (χ1v) is 29.4. The highest BCUT2D eigenvalue weighted by atomic mass is 16.3. The summed E-state index contributed by atoms with van der Waals surface area (Å²) in [6.07, 6.45) is 5.35. The Morgan fingerprint density at radius 2 is 1.34 bits per heavy atom. The van der Waals surface area contributed by atoms with E-state index >= 15 is 0 Å². The molecule has 0 bridgehead atoms. The van der Waals surface area contributed by atoms with Crippen molar-refractivity contribution in [1.29, 1.82) is 0 Å². The molecule has 9 atom stereocenters. The maximum Gasteiger partial charge on any atom is 0.245 e. The summed E-state index contributed by atoms with van der Waals surface area (Å²) in [5.41, 5.74) is 13.1. The van der Waals surface area contributed by atoms with Gasteiger partial charge in [0.25, 0.3) is 0 Å². The van der Waals surface area contributed by atoms with Crippen molar-refractivity contribution >= 4 is 75.9 Å². The second kappa shape index (κ2) is 32.4. The van der Waals surface area contributed by atoms with Gasteiger partial charge >= 0.3 is 0 Å². The minimum absolute atomic E-state index is 0.0179. The SMILES string of the molecule is [2H]N(C(=O)[C@H](CO)NC(=O)[C@H](Cc1c[nH]c2ccccc12)NC(=O)[C@H](Cc1cnc[nH]1)NC(=O)[C@@H]1CCC(=O)N1)[C@@H](Cc1ccc(O)cc1)C(=O)N[C@@H](CC(C)C)C(=O)N[C@@H](CC(C)C)C(=O)N[C@@H](CCCN=C(N)N)C(=O)N1CCC[C@H]1C(=O)NCC. The zero-order chi connectivity index (χ0) is 64.2. The average molecular weight is 1210 g/mol. The third kappa shape index (κ3) is 20.0. The zero-order valence-corrected chi connectivity index (χ0v) is 49.7. The molecule has 2 aromatic carbocycles. The van der Waals surface area contributed by atoms with E-state index in [2.05, 4.69) is 62.5 Å². The number of hydrogen-bond donors (Lipinski definition) is 15. The minimum Gasteiger partial charge on any atom is -0.508 e. The van der Waals surface area contributed by atoms with Crippen LogP contribution in [0, 0.1) is 11.8 Å². The van der Waals surface area contributed by atoms with E-state index in [4.69, 9.17) is 11.5 Å². The maximum absolute atomic E-state index is 14.8. The largest absolute Gasteiger partial charge is 0.508 e. The molecule has 2 aliphatic rings. The van der Waals surface area contributed by atoms with Gasteiger partial charge in [-0.25, -0.2) is 4.98 Å². The average Bonchev–Trinajstić information content (AvgIpc) is 4.18. The fourth-order valence-corrected chi connectivity index (χ4v) is 10.4. The van der Waals surface area contributed by atoms with Crippen LogP contribution in [-0.2, 0) is 67.2 Å². The molecule has 10 amide bonds. The Kier molecular flexibility index (Phi) is 24.4. The van der Waals surface area contributed by atoms with Crippen molar-refractivity contribution in [2.75, 3.05) is 26.2 Å². The van der Waals surface area contributed by atoms with E-state index in [1.807, 2.05) is 13.8 Å². The zero-order valence-electron chi connectivity index (χ0n) is 50.7. The van der Waals surface area contributed by atoms with Gasteiger partial charge in [-0.2, -0.15) is 0 Å². The summed E-state index contributed by atoms with van der Waals surface area (Å²) in [5, 5.41) is 43.3. The van der Waals surface area contributed by atoms with Gasteiger partial charge in [-0.1, -0.05) is 58.0 Å². The highest BCUT2D eigenvalue weighted by Crippen LogP contribution is 2.22. The van der Waals surface area contributed by atoms with Gasteiger partial charge in [0.2, 0.25) is 59.1 Å². The second-order valence-electron chi connectivity index (χ2n) is 22.7. The van der Waals surface area contributed by atoms with E-state index in [1.165, 1.54) is 41.7 Å². The number of aliphatic hydroxyl groups is 1. The number of benzene rings is 2. The predicted octanol–water partition coefficient (Wildman–Crippen LogP) is -1.44. The van der Waals surface area contributed by atoms with Crippen molar-refractivity contribution < 1.29 is 59.6 Å². The summed E-state index contributed by atoms with van der Waals surface area (Å²) in [6, 6.07) is 0.573. The number of guanidine groups is 1. The summed E-state index contributed by atoms with van der Waals surface area (Å²) in [6.45, 7) is 8.58. The number of phenolic OH excluding ortho intramolecular Hbond substituents is 1. The van der Waals surface area contributed by atoms with E-state index in [0.29, 0.717) is 47.1 Å². The van der Waals surface area contributed by atoms with Crippen LogP contribution in [0.15, 0.2) is 72.2 Å². The number of rotatable bonds is 32. The standard InChI is InChI=1S/C59H84N16O12/c1-6-63-57(86)48-14-10-22-75(48)58(87)41(13-9-21-64-59(60)61)68-51(80)42(23-32(2)3)69-52(81)43(24-33(4)5)70-53(82)44(25-34-15-17-37(77)18-16-34)71-56(85)47(30-76)74-54(83)45(26-35-28-65-39-12-8-7-11-38(35)39)72-55(84)46(27-36-29-62-31-66-36)73-50(79)40-19-20-49(78)67-40/h7-8,11-12,15-18,28-29,31-33,40-48,65,76-77H,6,9-10,13-14,19-27,30H2,1-5H3,(H,62,66)(H,63,86)(H,67,78)(H,68,80)(H,69,81)(H,70,82)(H,71,85)(H,72,84)(H,73,79)(H,74,83)(H4,60,61,64)/t40-,41-,42-,43-,44-,45-,46-,47-,48-/m0/s1/i/hD. The topological polar surface area (TPSA) is 432 Å². The Morgan fingerprint density at radius 1 is 0.736 bits per heavy atom. The number of aliphatic hydroxyl groups excluding tert-OH is 1. The number of hydrogen-bond acceptors (Lipinski definition) is 14. The third-order valence-corrected chi connectivity index (χ3v) is 14.8. The normalized spacial score (nSPS) is 17.3. The molecule has 2 aromatic heterocycles. The van der Waals surface area contributed by atoms with Crippen molar-refractivity contribution in [3.63, 3.8) is 0 Å². The molecular formula is C59H84N16O12. The van der Waals surface area contributed by atoms with Crippen molar-refractivity contribution in [3.05, 3.63) is 84.1 Å². The number of amides is 10. The summed E-state index contributed by atoms with van der Waals surface area (Å²) in [4.78, 5) is 156.